The fraction of sp³-hybridized carbons (Fsp3) is 0.148. The van der Waals surface area contributed by atoms with Crippen LogP contribution < -0.4 is 14.8 Å². The summed E-state index contributed by atoms with van der Waals surface area (Å²) >= 11 is 18.0. The zero-order valence-corrected chi connectivity index (χ0v) is 25.4. The van der Waals surface area contributed by atoms with Gasteiger partial charge >= 0.3 is 0 Å². The van der Waals surface area contributed by atoms with Crippen molar-refractivity contribution in [2.45, 2.75) is 11.5 Å². The van der Waals surface area contributed by atoms with Crippen LogP contribution in [0.4, 0.5) is 10.5 Å². The van der Waals surface area contributed by atoms with Gasteiger partial charge in [0.15, 0.2) is 11.5 Å². The molecule has 3 aromatic carbocycles. The minimum atomic E-state index is -0.550. The molecule has 1 saturated heterocycles. The van der Waals surface area contributed by atoms with Crippen molar-refractivity contribution in [1.29, 1.82) is 0 Å². The van der Waals surface area contributed by atoms with E-state index in [1.807, 2.05) is 24.5 Å². The van der Waals surface area contributed by atoms with Crippen LogP contribution in [0.25, 0.3) is 6.08 Å². The molecule has 0 spiro atoms. The van der Waals surface area contributed by atoms with E-state index < -0.39 is 23.6 Å². The predicted octanol–water partition coefficient (Wildman–Crippen LogP) is 7.74. The maximum absolute atomic E-state index is 13.0. The molecule has 1 fully saturated rings. The first-order valence-electron chi connectivity index (χ1n) is 11.3. The second kappa shape index (κ2) is 13.1. The summed E-state index contributed by atoms with van der Waals surface area (Å²) in [6, 6.07) is 15.9. The van der Waals surface area contributed by atoms with Gasteiger partial charge in [-0.1, -0.05) is 35.3 Å². The molecule has 4 rings (SSSR count). The molecular weight excluding hydrogens is 647 g/mol. The van der Waals surface area contributed by atoms with Crippen molar-refractivity contribution >= 4 is 91.5 Å². The molecule has 0 atom stereocenters. The van der Waals surface area contributed by atoms with Gasteiger partial charge in [-0.2, -0.15) is 0 Å². The molecule has 0 radical (unpaired) electrons. The molecule has 0 aromatic heterocycles. The molecule has 0 unspecified atom stereocenters. The molecule has 1 aliphatic rings. The quantitative estimate of drug-likeness (QED) is 0.185. The first-order chi connectivity index (χ1) is 18.7. The SMILES string of the molecule is COc1cc(/C=C2/SC(=O)N(CC(=O)Nc3cccc(SC)c3)C2=O)cc(Br)c1OCc1ccc(Cl)cc1Cl. The number of amides is 3. The molecule has 202 valence electrons. The largest absolute Gasteiger partial charge is 0.493 e. The Hall–Kier alpha value is -2.63. The lowest BCUT2D eigenvalue weighted by atomic mass is 10.1. The maximum atomic E-state index is 13.0. The summed E-state index contributed by atoms with van der Waals surface area (Å²) in [4.78, 5) is 40.2. The van der Waals surface area contributed by atoms with Gasteiger partial charge < -0.3 is 14.8 Å². The zero-order valence-electron chi connectivity index (χ0n) is 20.6. The lowest BCUT2D eigenvalue weighted by Crippen LogP contribution is -2.36. The number of rotatable bonds is 9. The molecule has 0 aliphatic carbocycles. The van der Waals surface area contributed by atoms with Crippen molar-refractivity contribution in [3.8, 4) is 11.5 Å². The number of imide groups is 1. The van der Waals surface area contributed by atoms with Gasteiger partial charge in [0.1, 0.15) is 13.2 Å². The lowest BCUT2D eigenvalue weighted by molar-refractivity contribution is -0.127. The van der Waals surface area contributed by atoms with Crippen LogP contribution >= 0.6 is 62.7 Å². The van der Waals surface area contributed by atoms with Gasteiger partial charge in [0.05, 0.1) is 16.5 Å². The molecule has 3 amide bonds. The van der Waals surface area contributed by atoms with Crippen molar-refractivity contribution in [3.63, 3.8) is 0 Å². The number of methoxy groups -OCH3 is 1. The first-order valence-corrected chi connectivity index (χ1v) is 14.9. The van der Waals surface area contributed by atoms with Crippen LogP contribution in [0, 0.1) is 0 Å². The second-order valence-corrected chi connectivity index (χ2v) is 11.7. The van der Waals surface area contributed by atoms with Crippen LogP contribution in [0.5, 0.6) is 11.5 Å². The third-order valence-corrected chi connectivity index (χ3v) is 8.27. The van der Waals surface area contributed by atoms with E-state index in [9.17, 15) is 14.4 Å². The van der Waals surface area contributed by atoms with E-state index in [-0.39, 0.29) is 11.5 Å². The Morgan fingerprint density at radius 3 is 2.67 bits per heavy atom. The van der Waals surface area contributed by atoms with Crippen molar-refractivity contribution in [2.75, 3.05) is 25.2 Å². The van der Waals surface area contributed by atoms with E-state index in [4.69, 9.17) is 32.7 Å². The highest BCUT2D eigenvalue weighted by Crippen LogP contribution is 2.40. The highest BCUT2D eigenvalue weighted by molar-refractivity contribution is 9.10. The Morgan fingerprint density at radius 2 is 1.95 bits per heavy atom. The van der Waals surface area contributed by atoms with Crippen molar-refractivity contribution in [1.82, 2.24) is 4.90 Å². The van der Waals surface area contributed by atoms with Gasteiger partial charge in [-0.25, -0.2) is 0 Å². The van der Waals surface area contributed by atoms with Crippen LogP contribution in [0.15, 0.2) is 68.9 Å². The van der Waals surface area contributed by atoms with Crippen molar-refractivity contribution in [3.05, 3.63) is 85.1 Å². The Labute approximate surface area is 252 Å². The van der Waals surface area contributed by atoms with E-state index in [0.29, 0.717) is 37.3 Å². The van der Waals surface area contributed by atoms with Crippen LogP contribution in [0.1, 0.15) is 11.1 Å². The fourth-order valence-electron chi connectivity index (χ4n) is 3.58. The molecule has 3 aromatic rings. The number of carbonyl (C=O) groups is 3. The number of nitrogens with one attached hydrogen (secondary N) is 1. The Balaban J connectivity index is 1.47. The fourth-order valence-corrected chi connectivity index (χ4v) is 5.92. The second-order valence-electron chi connectivity index (χ2n) is 8.11. The molecule has 0 saturated carbocycles. The summed E-state index contributed by atoms with van der Waals surface area (Å²) < 4.78 is 12.0. The summed E-state index contributed by atoms with van der Waals surface area (Å²) in [5, 5.41) is 3.21. The van der Waals surface area contributed by atoms with E-state index in [0.717, 1.165) is 27.1 Å². The van der Waals surface area contributed by atoms with Crippen molar-refractivity contribution < 1.29 is 23.9 Å². The highest BCUT2D eigenvalue weighted by Gasteiger charge is 2.36. The number of carbonyl (C=O) groups excluding carboxylic acids is 3. The molecule has 1 heterocycles. The molecule has 7 nitrogen and oxygen atoms in total. The Bertz CT molecular complexity index is 1480. The van der Waals surface area contributed by atoms with E-state index >= 15 is 0 Å². The van der Waals surface area contributed by atoms with Gasteiger partial charge in [0.2, 0.25) is 5.91 Å². The topological polar surface area (TPSA) is 84.9 Å². The predicted molar refractivity (Wildman–Crippen MR) is 161 cm³/mol. The molecule has 39 heavy (non-hydrogen) atoms. The Kier molecular flexibility index (Phi) is 9.90. The van der Waals surface area contributed by atoms with E-state index in [1.54, 1.807) is 54.2 Å². The van der Waals surface area contributed by atoms with Crippen LogP contribution in [-0.4, -0.2) is 41.9 Å². The molecular formula is C27H21BrCl2N2O5S2. The standard InChI is InChI=1S/C27H21BrCl2N2O5S2/c1-36-22-9-15(8-20(28)25(22)37-14-16-6-7-17(29)11-21(16)30)10-23-26(34)32(27(35)39-23)13-24(33)31-18-4-3-5-19(12-18)38-2/h3-12H,13-14H2,1-2H3,(H,31,33)/b23-10+. The number of hydrogen-bond acceptors (Lipinski definition) is 7. The smallest absolute Gasteiger partial charge is 0.294 e. The first kappa shape index (κ1) is 29.4. The Morgan fingerprint density at radius 1 is 1.15 bits per heavy atom. The molecule has 0 bridgehead atoms. The number of ether oxygens (including phenoxy) is 2. The van der Waals surface area contributed by atoms with Gasteiger partial charge in [-0.05, 0) is 88.1 Å². The number of nitrogens with zero attached hydrogens (tertiary/aromatic N) is 1. The number of halogens is 3. The van der Waals surface area contributed by atoms with Gasteiger partial charge in [0, 0.05) is 26.2 Å². The number of benzene rings is 3. The van der Waals surface area contributed by atoms with Crippen LogP contribution in [-0.2, 0) is 16.2 Å². The van der Waals surface area contributed by atoms with Gasteiger partial charge in [-0.3, -0.25) is 19.3 Å². The molecule has 12 heteroatoms. The average molecular weight is 668 g/mol. The monoisotopic (exact) mass is 666 g/mol. The summed E-state index contributed by atoms with van der Waals surface area (Å²) in [6.45, 7) is -0.217. The minimum absolute atomic E-state index is 0.173. The normalized spacial score (nSPS) is 14.2. The molecule has 1 N–H and O–H groups in total. The average Bonchev–Trinajstić information content (AvgIpc) is 3.15. The molecule has 1 aliphatic heterocycles. The van der Waals surface area contributed by atoms with Crippen molar-refractivity contribution in [2.24, 2.45) is 0 Å². The number of anilines is 1. The summed E-state index contributed by atoms with van der Waals surface area (Å²) in [6.07, 6.45) is 3.50. The summed E-state index contributed by atoms with van der Waals surface area (Å²) in [5.74, 6) is -0.169. The maximum Gasteiger partial charge on any atom is 0.294 e. The van der Waals surface area contributed by atoms with E-state index in [2.05, 4.69) is 21.2 Å². The third-order valence-electron chi connectivity index (χ3n) is 5.47. The zero-order chi connectivity index (χ0) is 28.1. The minimum Gasteiger partial charge on any atom is -0.493 e. The van der Waals surface area contributed by atoms with Crippen LogP contribution in [0.3, 0.4) is 0 Å². The number of hydrogen-bond donors (Lipinski definition) is 1. The van der Waals surface area contributed by atoms with Gasteiger partial charge in [-0.15, -0.1) is 11.8 Å². The van der Waals surface area contributed by atoms with Crippen LogP contribution in [0.2, 0.25) is 10.0 Å². The number of thioether (sulfide) groups is 2. The summed E-state index contributed by atoms with van der Waals surface area (Å²) in [5.41, 5.74) is 1.93. The van der Waals surface area contributed by atoms with E-state index in [1.165, 1.54) is 7.11 Å². The third kappa shape index (κ3) is 7.32. The van der Waals surface area contributed by atoms with Gasteiger partial charge in [0.25, 0.3) is 11.1 Å². The summed E-state index contributed by atoms with van der Waals surface area (Å²) in [7, 11) is 1.50. The highest BCUT2D eigenvalue weighted by atomic mass is 79.9. The lowest BCUT2D eigenvalue weighted by Gasteiger charge is -2.14.